The molecule has 2 rings (SSSR count). The van der Waals surface area contributed by atoms with Crippen molar-refractivity contribution in [2.24, 2.45) is 0 Å². The van der Waals surface area contributed by atoms with E-state index < -0.39 is 11.9 Å². The number of carbonyl (C=O) groups is 2. The molecule has 0 saturated carbocycles. The quantitative estimate of drug-likeness (QED) is 0.909. The molecule has 0 atom stereocenters. The number of anilines is 1. The van der Waals surface area contributed by atoms with E-state index in [-0.39, 0.29) is 10.7 Å². The normalized spacial score (nSPS) is 10.2. The van der Waals surface area contributed by atoms with E-state index in [9.17, 15) is 9.59 Å². The van der Waals surface area contributed by atoms with Gasteiger partial charge in [0.15, 0.2) is 10.7 Å². The molecule has 98 valence electrons. The van der Waals surface area contributed by atoms with Crippen molar-refractivity contribution in [3.63, 3.8) is 0 Å². The second-order valence-electron chi connectivity index (χ2n) is 3.42. The van der Waals surface area contributed by atoms with Crippen molar-refractivity contribution < 1.29 is 14.7 Å². The third kappa shape index (κ3) is 3.23. The van der Waals surface area contributed by atoms with Gasteiger partial charge in [0, 0.05) is 10.4 Å². The number of nitrogens with zero attached hydrogens (tertiary/aromatic N) is 1. The van der Waals surface area contributed by atoms with Crippen LogP contribution in [0.5, 0.6) is 0 Å². The van der Waals surface area contributed by atoms with Crippen molar-refractivity contribution in [1.29, 1.82) is 0 Å². The number of carboxylic acids is 1. The molecule has 1 heterocycles. The maximum atomic E-state index is 11.9. The Kier molecular flexibility index (Phi) is 4.04. The molecule has 2 aromatic rings. The van der Waals surface area contributed by atoms with Gasteiger partial charge in [0.2, 0.25) is 0 Å². The molecule has 0 bridgehead atoms. The number of hydrogen-bond donors (Lipinski definition) is 2. The fraction of sp³-hybridized carbons (Fsp3) is 0. The summed E-state index contributed by atoms with van der Waals surface area (Å²) in [5.74, 6) is -1.72. The molecule has 0 aliphatic rings. The van der Waals surface area contributed by atoms with E-state index in [4.69, 9.17) is 28.3 Å². The van der Waals surface area contributed by atoms with Crippen molar-refractivity contribution in [2.75, 3.05) is 5.32 Å². The van der Waals surface area contributed by atoms with E-state index in [1.165, 1.54) is 11.4 Å². The van der Waals surface area contributed by atoms with Crippen LogP contribution in [0, 0.1) is 0 Å². The van der Waals surface area contributed by atoms with E-state index in [1.54, 1.807) is 12.1 Å². The lowest BCUT2D eigenvalue weighted by Gasteiger charge is -2.05. The topological polar surface area (TPSA) is 79.3 Å². The standard InChI is InChI=1S/C11H6Cl2N2O3S/c12-5-1-2-6(13)7(3-5)14-9(16)10-15-8(4-19-10)11(17)18/h1-4H,(H,14,16)(H,17,18). The Bertz CT molecular complexity index is 657. The minimum atomic E-state index is -1.18. The van der Waals surface area contributed by atoms with Crippen LogP contribution in [0.25, 0.3) is 0 Å². The van der Waals surface area contributed by atoms with Gasteiger partial charge in [0.25, 0.3) is 5.91 Å². The van der Waals surface area contributed by atoms with E-state index in [0.29, 0.717) is 15.7 Å². The molecule has 0 spiro atoms. The fourth-order valence-electron chi connectivity index (χ4n) is 1.25. The molecule has 1 aromatic heterocycles. The maximum Gasteiger partial charge on any atom is 0.355 e. The summed E-state index contributed by atoms with van der Waals surface area (Å²) in [6.07, 6.45) is 0. The largest absolute Gasteiger partial charge is 0.476 e. The molecule has 1 aromatic carbocycles. The van der Waals surface area contributed by atoms with Gasteiger partial charge in [-0.05, 0) is 18.2 Å². The van der Waals surface area contributed by atoms with Crippen molar-refractivity contribution in [2.45, 2.75) is 0 Å². The number of carboxylic acid groups (broad SMARTS) is 1. The van der Waals surface area contributed by atoms with Crippen LogP contribution < -0.4 is 5.32 Å². The molecule has 0 aliphatic carbocycles. The van der Waals surface area contributed by atoms with E-state index in [2.05, 4.69) is 10.3 Å². The van der Waals surface area contributed by atoms with Gasteiger partial charge in [-0.2, -0.15) is 0 Å². The van der Waals surface area contributed by atoms with Crippen LogP contribution in [-0.4, -0.2) is 22.0 Å². The zero-order valence-electron chi connectivity index (χ0n) is 9.18. The Labute approximate surface area is 121 Å². The Balaban J connectivity index is 2.20. The number of halogens is 2. The van der Waals surface area contributed by atoms with Crippen LogP contribution in [0.2, 0.25) is 10.0 Å². The van der Waals surface area contributed by atoms with E-state index in [1.807, 2.05) is 0 Å². The highest BCUT2D eigenvalue weighted by Gasteiger charge is 2.15. The van der Waals surface area contributed by atoms with Gasteiger partial charge in [-0.25, -0.2) is 9.78 Å². The summed E-state index contributed by atoms with van der Waals surface area (Å²) in [7, 11) is 0. The second kappa shape index (κ2) is 5.56. The number of carbonyl (C=O) groups excluding carboxylic acids is 1. The van der Waals surface area contributed by atoms with Gasteiger partial charge in [0.1, 0.15) is 0 Å². The third-order valence-corrected chi connectivity index (χ3v) is 3.50. The lowest BCUT2D eigenvalue weighted by atomic mass is 10.3. The summed E-state index contributed by atoms with van der Waals surface area (Å²) in [5.41, 5.74) is 0.165. The first-order valence-electron chi connectivity index (χ1n) is 4.92. The predicted octanol–water partition coefficient (Wildman–Crippen LogP) is 3.40. The highest BCUT2D eigenvalue weighted by atomic mass is 35.5. The number of benzene rings is 1. The third-order valence-electron chi connectivity index (χ3n) is 2.09. The number of nitrogens with one attached hydrogen (secondary N) is 1. The number of rotatable bonds is 3. The van der Waals surface area contributed by atoms with Crippen LogP contribution in [0.1, 0.15) is 20.3 Å². The number of amides is 1. The van der Waals surface area contributed by atoms with Crippen LogP contribution in [0.4, 0.5) is 5.69 Å². The Morgan fingerprint density at radius 2 is 2.05 bits per heavy atom. The Morgan fingerprint density at radius 3 is 2.68 bits per heavy atom. The molecule has 8 heteroatoms. The first-order valence-corrected chi connectivity index (χ1v) is 6.56. The number of aromatic nitrogens is 1. The monoisotopic (exact) mass is 316 g/mol. The summed E-state index contributed by atoms with van der Waals surface area (Å²) in [6, 6.07) is 4.63. The predicted molar refractivity (Wildman–Crippen MR) is 73.5 cm³/mol. The summed E-state index contributed by atoms with van der Waals surface area (Å²) < 4.78 is 0. The molecular formula is C11H6Cl2N2O3S. The van der Waals surface area contributed by atoms with Crippen molar-refractivity contribution in [3.05, 3.63) is 44.3 Å². The molecular weight excluding hydrogens is 311 g/mol. The Morgan fingerprint density at radius 1 is 1.32 bits per heavy atom. The minimum absolute atomic E-state index is 0.0356. The smallest absolute Gasteiger partial charge is 0.355 e. The van der Waals surface area contributed by atoms with Gasteiger partial charge < -0.3 is 10.4 Å². The van der Waals surface area contributed by atoms with Crippen LogP contribution in [0.15, 0.2) is 23.6 Å². The maximum absolute atomic E-state index is 11.9. The Hall–Kier alpha value is -1.63. The molecule has 0 unspecified atom stereocenters. The van der Waals surface area contributed by atoms with Gasteiger partial charge >= 0.3 is 5.97 Å². The zero-order chi connectivity index (χ0) is 14.0. The molecule has 0 aliphatic heterocycles. The average Bonchev–Trinajstić information content (AvgIpc) is 2.83. The molecule has 5 nitrogen and oxygen atoms in total. The van der Waals surface area contributed by atoms with Crippen LogP contribution >= 0.6 is 34.5 Å². The van der Waals surface area contributed by atoms with Crippen LogP contribution in [0.3, 0.4) is 0 Å². The first-order chi connectivity index (χ1) is 8.97. The summed E-state index contributed by atoms with van der Waals surface area (Å²) in [5, 5.41) is 13.3. The molecule has 0 saturated heterocycles. The van der Waals surface area contributed by atoms with Gasteiger partial charge in [-0.15, -0.1) is 11.3 Å². The van der Waals surface area contributed by atoms with Gasteiger partial charge in [-0.1, -0.05) is 23.2 Å². The fourth-order valence-corrected chi connectivity index (χ4v) is 2.27. The van der Waals surface area contributed by atoms with Gasteiger partial charge in [-0.3, -0.25) is 4.79 Å². The number of hydrogen-bond acceptors (Lipinski definition) is 4. The minimum Gasteiger partial charge on any atom is -0.476 e. The second-order valence-corrected chi connectivity index (χ2v) is 5.12. The van der Waals surface area contributed by atoms with E-state index >= 15 is 0 Å². The number of thiazole rings is 1. The summed E-state index contributed by atoms with van der Waals surface area (Å²) in [6.45, 7) is 0. The zero-order valence-corrected chi connectivity index (χ0v) is 11.5. The average molecular weight is 317 g/mol. The van der Waals surface area contributed by atoms with Gasteiger partial charge in [0.05, 0.1) is 10.7 Å². The SMILES string of the molecule is O=C(O)c1csc(C(=O)Nc2cc(Cl)ccc2Cl)n1. The van der Waals surface area contributed by atoms with Crippen molar-refractivity contribution in [1.82, 2.24) is 4.98 Å². The molecule has 0 radical (unpaired) electrons. The number of aromatic carboxylic acids is 1. The summed E-state index contributed by atoms with van der Waals surface area (Å²) in [4.78, 5) is 26.2. The highest BCUT2D eigenvalue weighted by Crippen LogP contribution is 2.26. The molecule has 2 N–H and O–H groups in total. The van der Waals surface area contributed by atoms with E-state index in [0.717, 1.165) is 11.3 Å². The van der Waals surface area contributed by atoms with Crippen molar-refractivity contribution in [3.8, 4) is 0 Å². The lowest BCUT2D eigenvalue weighted by Crippen LogP contribution is -2.12. The lowest BCUT2D eigenvalue weighted by molar-refractivity contribution is 0.0691. The molecule has 1 amide bonds. The van der Waals surface area contributed by atoms with Crippen molar-refractivity contribution >= 4 is 52.1 Å². The highest BCUT2D eigenvalue weighted by molar-refractivity contribution is 7.12. The first kappa shape index (κ1) is 13.8. The molecule has 0 fully saturated rings. The summed E-state index contributed by atoms with van der Waals surface area (Å²) >= 11 is 12.6. The van der Waals surface area contributed by atoms with Crippen LogP contribution in [-0.2, 0) is 0 Å². The molecule has 19 heavy (non-hydrogen) atoms.